The summed E-state index contributed by atoms with van der Waals surface area (Å²) in [6, 6.07) is 38.6. The minimum Gasteiger partial charge on any atom is -0.356 e. The van der Waals surface area contributed by atoms with E-state index < -0.39 is 0 Å². The second-order valence-electron chi connectivity index (χ2n) is 7.39. The summed E-state index contributed by atoms with van der Waals surface area (Å²) in [5, 5.41) is 3.51. The van der Waals surface area contributed by atoms with Crippen LogP contribution in [-0.2, 0) is 0 Å². The lowest BCUT2D eigenvalue weighted by molar-refractivity contribution is 0.923. The van der Waals surface area contributed by atoms with Gasteiger partial charge in [-0.1, -0.05) is 91.9 Å². The third kappa shape index (κ3) is 4.75. The number of rotatable bonds is 6. The van der Waals surface area contributed by atoms with E-state index in [9.17, 15) is 0 Å². The molecule has 0 aliphatic rings. The molecule has 2 heteroatoms. The predicted molar refractivity (Wildman–Crippen MR) is 128 cm³/mol. The second-order valence-corrected chi connectivity index (χ2v) is 8.06. The van der Waals surface area contributed by atoms with Crippen molar-refractivity contribution in [1.29, 1.82) is 0 Å². The van der Waals surface area contributed by atoms with E-state index in [0.717, 1.165) is 11.4 Å². The Morgan fingerprint density at radius 1 is 0.517 bits per heavy atom. The molecule has 0 aromatic heterocycles. The molecule has 3 unspecified atom stereocenters. The maximum absolute atomic E-state index is 3.51. The Morgan fingerprint density at radius 2 is 0.897 bits per heavy atom. The molecule has 0 amide bonds. The highest BCUT2D eigenvalue weighted by Crippen LogP contribution is 2.32. The molecule has 4 rings (SSSR count). The van der Waals surface area contributed by atoms with Crippen molar-refractivity contribution in [3.05, 3.63) is 131 Å². The lowest BCUT2D eigenvalue weighted by Gasteiger charge is -2.15. The number of anilines is 2. The van der Waals surface area contributed by atoms with Gasteiger partial charge in [-0.05, 0) is 46.5 Å². The molecule has 1 nitrogen and oxygen atoms in total. The van der Waals surface area contributed by atoms with E-state index in [4.69, 9.17) is 0 Å². The SMILES string of the molecule is CC(c1ccccc1)c1ccc(Nc2ccc(C(P)c3ccccc3)cc2)cc1. The van der Waals surface area contributed by atoms with Crippen LogP contribution in [0.3, 0.4) is 0 Å². The lowest BCUT2D eigenvalue weighted by atomic mass is 9.93. The van der Waals surface area contributed by atoms with Crippen molar-refractivity contribution >= 4 is 20.6 Å². The molecule has 0 bridgehead atoms. The van der Waals surface area contributed by atoms with Crippen LogP contribution in [0, 0.1) is 0 Å². The van der Waals surface area contributed by atoms with E-state index in [0.29, 0.717) is 11.6 Å². The average molecular weight is 395 g/mol. The summed E-state index contributed by atoms with van der Waals surface area (Å²) in [6.45, 7) is 2.25. The van der Waals surface area contributed by atoms with E-state index >= 15 is 0 Å². The molecule has 0 aliphatic carbocycles. The summed E-state index contributed by atoms with van der Waals surface area (Å²) < 4.78 is 0. The molecular formula is C27H26NP. The molecule has 0 aliphatic heterocycles. The Hall–Kier alpha value is -2.89. The van der Waals surface area contributed by atoms with Crippen molar-refractivity contribution in [3.8, 4) is 0 Å². The van der Waals surface area contributed by atoms with Crippen molar-refractivity contribution in [2.45, 2.75) is 18.5 Å². The van der Waals surface area contributed by atoms with Gasteiger partial charge in [-0.3, -0.25) is 0 Å². The largest absolute Gasteiger partial charge is 0.356 e. The summed E-state index contributed by atoms with van der Waals surface area (Å²) in [5.41, 5.74) is 7.78. The standard InChI is InChI=1S/C27H26NP/c1-20(21-8-4-2-5-9-21)22-12-16-25(17-13-22)28-26-18-14-24(15-19-26)27(29)23-10-6-3-7-11-23/h2-20,27-28H,29H2,1H3. The topological polar surface area (TPSA) is 12.0 Å². The van der Waals surface area contributed by atoms with Gasteiger partial charge in [0.1, 0.15) is 0 Å². The summed E-state index contributed by atoms with van der Waals surface area (Å²) in [4.78, 5) is 0. The van der Waals surface area contributed by atoms with Crippen LogP contribution in [0.15, 0.2) is 109 Å². The van der Waals surface area contributed by atoms with Crippen LogP contribution < -0.4 is 5.32 Å². The third-order valence-electron chi connectivity index (χ3n) is 5.43. The molecule has 0 spiro atoms. The minimum absolute atomic E-state index is 0.309. The molecule has 0 fully saturated rings. The number of hydrogen-bond acceptors (Lipinski definition) is 1. The molecule has 1 N–H and O–H groups in total. The van der Waals surface area contributed by atoms with Gasteiger partial charge in [-0.25, -0.2) is 0 Å². The lowest BCUT2D eigenvalue weighted by Crippen LogP contribution is -1.97. The van der Waals surface area contributed by atoms with Gasteiger partial charge < -0.3 is 5.32 Å². The van der Waals surface area contributed by atoms with E-state index in [2.05, 4.69) is 131 Å². The molecule has 0 saturated heterocycles. The van der Waals surface area contributed by atoms with Gasteiger partial charge >= 0.3 is 0 Å². The summed E-state index contributed by atoms with van der Waals surface area (Å²) in [5.74, 6) is 0.390. The van der Waals surface area contributed by atoms with Crippen LogP contribution in [0.2, 0.25) is 0 Å². The Morgan fingerprint density at radius 3 is 1.41 bits per heavy atom. The highest BCUT2D eigenvalue weighted by Gasteiger charge is 2.09. The first-order chi connectivity index (χ1) is 14.2. The summed E-state index contributed by atoms with van der Waals surface area (Å²) in [6.07, 6.45) is 0. The zero-order valence-electron chi connectivity index (χ0n) is 16.6. The first-order valence-electron chi connectivity index (χ1n) is 10.0. The average Bonchev–Trinajstić information content (AvgIpc) is 2.80. The van der Waals surface area contributed by atoms with Gasteiger partial charge in [-0.15, -0.1) is 9.24 Å². The highest BCUT2D eigenvalue weighted by molar-refractivity contribution is 7.17. The van der Waals surface area contributed by atoms with Gasteiger partial charge in [0.2, 0.25) is 0 Å². The monoisotopic (exact) mass is 395 g/mol. The van der Waals surface area contributed by atoms with E-state index in [-0.39, 0.29) is 0 Å². The maximum Gasteiger partial charge on any atom is 0.0384 e. The highest BCUT2D eigenvalue weighted by atomic mass is 31.0. The minimum atomic E-state index is 0.309. The Kier molecular flexibility index (Phi) is 6.08. The Bertz CT molecular complexity index is 938. The summed E-state index contributed by atoms with van der Waals surface area (Å²) in [7, 11) is 2.94. The molecule has 4 aromatic carbocycles. The van der Waals surface area contributed by atoms with Crippen LogP contribution in [-0.4, -0.2) is 0 Å². The Labute approximate surface area is 176 Å². The Balaban J connectivity index is 1.43. The van der Waals surface area contributed by atoms with Gasteiger partial charge in [0.15, 0.2) is 0 Å². The second kappa shape index (κ2) is 9.07. The van der Waals surface area contributed by atoms with Gasteiger partial charge in [-0.2, -0.15) is 0 Å². The van der Waals surface area contributed by atoms with E-state index in [1.54, 1.807) is 0 Å². The van der Waals surface area contributed by atoms with Crippen LogP contribution in [0.5, 0.6) is 0 Å². The summed E-state index contributed by atoms with van der Waals surface area (Å²) >= 11 is 0. The molecule has 0 radical (unpaired) electrons. The number of benzene rings is 4. The zero-order chi connectivity index (χ0) is 20.1. The van der Waals surface area contributed by atoms with Crippen molar-refractivity contribution in [3.63, 3.8) is 0 Å². The van der Waals surface area contributed by atoms with Gasteiger partial charge in [0.05, 0.1) is 0 Å². The van der Waals surface area contributed by atoms with Crippen molar-refractivity contribution in [1.82, 2.24) is 0 Å². The smallest absolute Gasteiger partial charge is 0.0384 e. The predicted octanol–water partition coefficient (Wildman–Crippen LogP) is 7.55. The fraction of sp³-hybridized carbons (Fsp3) is 0.111. The molecule has 144 valence electrons. The normalized spacial score (nSPS) is 12.9. The van der Waals surface area contributed by atoms with Crippen LogP contribution in [0.25, 0.3) is 0 Å². The first kappa shape index (κ1) is 19.4. The number of hydrogen-bond donors (Lipinski definition) is 1. The van der Waals surface area contributed by atoms with Crippen molar-refractivity contribution < 1.29 is 0 Å². The molecular weight excluding hydrogens is 369 g/mol. The molecule has 0 saturated carbocycles. The van der Waals surface area contributed by atoms with Crippen LogP contribution in [0.4, 0.5) is 11.4 Å². The first-order valence-corrected chi connectivity index (χ1v) is 10.7. The van der Waals surface area contributed by atoms with Crippen molar-refractivity contribution in [2.24, 2.45) is 0 Å². The maximum atomic E-state index is 3.51. The quantitative estimate of drug-likeness (QED) is 0.332. The third-order valence-corrected chi connectivity index (χ3v) is 6.20. The van der Waals surface area contributed by atoms with Crippen LogP contribution >= 0.6 is 9.24 Å². The van der Waals surface area contributed by atoms with E-state index in [1.165, 1.54) is 22.3 Å². The van der Waals surface area contributed by atoms with Gasteiger partial charge in [0.25, 0.3) is 0 Å². The molecule has 3 atom stereocenters. The van der Waals surface area contributed by atoms with Crippen LogP contribution in [0.1, 0.15) is 40.8 Å². The fourth-order valence-corrected chi connectivity index (χ4v) is 4.03. The molecule has 4 aromatic rings. The molecule has 29 heavy (non-hydrogen) atoms. The molecule has 0 heterocycles. The van der Waals surface area contributed by atoms with Crippen molar-refractivity contribution in [2.75, 3.05) is 5.32 Å². The number of nitrogens with one attached hydrogen (secondary N) is 1. The fourth-order valence-electron chi connectivity index (χ4n) is 3.58. The zero-order valence-corrected chi connectivity index (χ0v) is 17.8. The van der Waals surface area contributed by atoms with Gasteiger partial charge in [0, 0.05) is 23.0 Å². The van der Waals surface area contributed by atoms with E-state index in [1.807, 2.05) is 0 Å².